The molecule has 1 aliphatic rings. The lowest BCUT2D eigenvalue weighted by Gasteiger charge is -2.40. The van der Waals surface area contributed by atoms with Crippen molar-refractivity contribution in [2.75, 3.05) is 0 Å². The van der Waals surface area contributed by atoms with Gasteiger partial charge in [0.25, 0.3) is 0 Å². The summed E-state index contributed by atoms with van der Waals surface area (Å²) >= 11 is 0. The fourth-order valence-corrected chi connectivity index (χ4v) is 3.36. The van der Waals surface area contributed by atoms with Crippen LogP contribution in [-0.2, 0) is 0 Å². The Labute approximate surface area is 108 Å². The molecule has 2 heteroatoms. The van der Waals surface area contributed by atoms with E-state index in [1.807, 2.05) is 0 Å². The largest absolute Gasteiger partial charge is 0.271 e. The molecule has 3 N–H and O–H groups in total. The maximum absolute atomic E-state index is 5.75. The predicted octanol–water partition coefficient (Wildman–Crippen LogP) is 3.72. The van der Waals surface area contributed by atoms with Crippen molar-refractivity contribution in [2.24, 2.45) is 29.0 Å². The molecule has 1 fully saturated rings. The molecule has 1 saturated carbocycles. The lowest BCUT2D eigenvalue weighted by atomic mass is 9.67. The number of nitrogens with two attached hydrogens (primary N) is 1. The highest BCUT2D eigenvalue weighted by atomic mass is 15.2. The fraction of sp³-hybridized carbons (Fsp3) is 1.00. The van der Waals surface area contributed by atoms with Crippen LogP contribution in [0.1, 0.15) is 66.7 Å². The highest BCUT2D eigenvalue weighted by Crippen LogP contribution is 2.41. The third-order valence-electron chi connectivity index (χ3n) is 4.95. The summed E-state index contributed by atoms with van der Waals surface area (Å²) < 4.78 is 0. The summed E-state index contributed by atoms with van der Waals surface area (Å²) in [6, 6.07) is 0.515. The summed E-state index contributed by atoms with van der Waals surface area (Å²) in [4.78, 5) is 0. The first-order valence-corrected chi connectivity index (χ1v) is 7.36. The van der Waals surface area contributed by atoms with E-state index in [-0.39, 0.29) is 0 Å². The first-order chi connectivity index (χ1) is 7.90. The zero-order chi connectivity index (χ0) is 13.1. The SMILES string of the molecule is CCC(C)C(NN)C1CCC(C(C)(C)C)CC1. The van der Waals surface area contributed by atoms with Crippen molar-refractivity contribution in [3.63, 3.8) is 0 Å². The van der Waals surface area contributed by atoms with E-state index < -0.39 is 0 Å². The maximum atomic E-state index is 5.75. The second-order valence-electron chi connectivity index (χ2n) is 7.06. The van der Waals surface area contributed by atoms with E-state index in [1.165, 1.54) is 32.1 Å². The highest BCUT2D eigenvalue weighted by molar-refractivity contribution is 4.86. The number of hydrogen-bond acceptors (Lipinski definition) is 2. The second-order valence-corrected chi connectivity index (χ2v) is 7.06. The van der Waals surface area contributed by atoms with Gasteiger partial charge in [-0.05, 0) is 48.9 Å². The molecule has 0 saturated heterocycles. The Bertz CT molecular complexity index is 211. The molecule has 0 radical (unpaired) electrons. The first-order valence-electron chi connectivity index (χ1n) is 7.36. The number of hydrogen-bond donors (Lipinski definition) is 2. The molecule has 2 atom stereocenters. The van der Waals surface area contributed by atoms with Crippen molar-refractivity contribution in [3.05, 3.63) is 0 Å². The lowest BCUT2D eigenvalue weighted by Crippen LogP contribution is -2.46. The molecule has 1 rings (SSSR count). The van der Waals surface area contributed by atoms with Crippen molar-refractivity contribution in [3.8, 4) is 0 Å². The average Bonchev–Trinajstić information content (AvgIpc) is 2.29. The minimum Gasteiger partial charge on any atom is -0.271 e. The van der Waals surface area contributed by atoms with Gasteiger partial charge in [0, 0.05) is 6.04 Å². The molecule has 0 aromatic heterocycles. The molecule has 0 aliphatic heterocycles. The molecule has 102 valence electrons. The Morgan fingerprint density at radius 2 is 1.71 bits per heavy atom. The summed E-state index contributed by atoms with van der Waals surface area (Å²) in [7, 11) is 0. The summed E-state index contributed by atoms with van der Waals surface area (Å²) in [6.45, 7) is 11.7. The third kappa shape index (κ3) is 3.96. The van der Waals surface area contributed by atoms with Crippen LogP contribution >= 0.6 is 0 Å². The molecule has 0 aromatic carbocycles. The molecule has 1 aliphatic carbocycles. The van der Waals surface area contributed by atoms with E-state index in [2.05, 4.69) is 40.0 Å². The Kier molecular flexibility index (Phi) is 5.46. The van der Waals surface area contributed by atoms with Crippen molar-refractivity contribution in [2.45, 2.75) is 72.8 Å². The lowest BCUT2D eigenvalue weighted by molar-refractivity contribution is 0.118. The van der Waals surface area contributed by atoms with Crippen LogP contribution in [0.4, 0.5) is 0 Å². The quantitative estimate of drug-likeness (QED) is 0.580. The Morgan fingerprint density at radius 1 is 1.18 bits per heavy atom. The van der Waals surface area contributed by atoms with E-state index in [0.29, 0.717) is 17.4 Å². The van der Waals surface area contributed by atoms with Crippen LogP contribution in [0.15, 0.2) is 0 Å². The van der Waals surface area contributed by atoms with Gasteiger partial charge in [0.1, 0.15) is 0 Å². The van der Waals surface area contributed by atoms with E-state index in [0.717, 1.165) is 11.8 Å². The normalized spacial score (nSPS) is 30.0. The van der Waals surface area contributed by atoms with Gasteiger partial charge in [-0.25, -0.2) is 0 Å². The topological polar surface area (TPSA) is 38.0 Å². The Balaban J connectivity index is 2.50. The van der Waals surface area contributed by atoms with Gasteiger partial charge in [-0.3, -0.25) is 11.3 Å². The van der Waals surface area contributed by atoms with Gasteiger partial charge in [-0.1, -0.05) is 41.0 Å². The van der Waals surface area contributed by atoms with Gasteiger partial charge < -0.3 is 0 Å². The smallest absolute Gasteiger partial charge is 0.0264 e. The van der Waals surface area contributed by atoms with Crippen LogP contribution in [0.5, 0.6) is 0 Å². The first kappa shape index (κ1) is 15.0. The molecule has 2 nitrogen and oxygen atoms in total. The van der Waals surface area contributed by atoms with Gasteiger partial charge >= 0.3 is 0 Å². The minimum atomic E-state index is 0.479. The van der Waals surface area contributed by atoms with E-state index >= 15 is 0 Å². The third-order valence-corrected chi connectivity index (χ3v) is 4.95. The standard InChI is InChI=1S/C15H32N2/c1-6-11(2)14(17-16)12-7-9-13(10-8-12)15(3,4)5/h11-14,17H,6-10,16H2,1-5H3. The van der Waals surface area contributed by atoms with Crippen LogP contribution in [0.25, 0.3) is 0 Å². The maximum Gasteiger partial charge on any atom is 0.0264 e. The molecule has 0 spiro atoms. The van der Waals surface area contributed by atoms with Crippen molar-refractivity contribution < 1.29 is 0 Å². The van der Waals surface area contributed by atoms with E-state index in [1.54, 1.807) is 0 Å². The molecule has 17 heavy (non-hydrogen) atoms. The van der Waals surface area contributed by atoms with Gasteiger partial charge in [-0.2, -0.15) is 0 Å². The van der Waals surface area contributed by atoms with Crippen molar-refractivity contribution in [1.82, 2.24) is 5.43 Å². The van der Waals surface area contributed by atoms with E-state index in [4.69, 9.17) is 5.84 Å². The highest BCUT2D eigenvalue weighted by Gasteiger charge is 2.33. The minimum absolute atomic E-state index is 0.479. The summed E-state index contributed by atoms with van der Waals surface area (Å²) in [6.07, 6.45) is 6.67. The Hall–Kier alpha value is -0.0800. The van der Waals surface area contributed by atoms with Gasteiger partial charge in [0.05, 0.1) is 0 Å². The molecular formula is C15H32N2. The van der Waals surface area contributed by atoms with Gasteiger partial charge in [0.15, 0.2) is 0 Å². The molecule has 0 amide bonds. The van der Waals surface area contributed by atoms with Gasteiger partial charge in [0.2, 0.25) is 0 Å². The Morgan fingerprint density at radius 3 is 2.06 bits per heavy atom. The number of nitrogens with one attached hydrogen (secondary N) is 1. The van der Waals surface area contributed by atoms with Crippen molar-refractivity contribution >= 4 is 0 Å². The molecule has 0 bridgehead atoms. The van der Waals surface area contributed by atoms with Crippen molar-refractivity contribution in [1.29, 1.82) is 0 Å². The molecular weight excluding hydrogens is 208 g/mol. The van der Waals surface area contributed by atoms with Crippen LogP contribution in [0.3, 0.4) is 0 Å². The zero-order valence-corrected chi connectivity index (χ0v) is 12.4. The monoisotopic (exact) mass is 240 g/mol. The average molecular weight is 240 g/mol. The fourth-order valence-electron chi connectivity index (χ4n) is 3.36. The van der Waals surface area contributed by atoms with Gasteiger partial charge in [-0.15, -0.1) is 0 Å². The van der Waals surface area contributed by atoms with Crippen LogP contribution in [0.2, 0.25) is 0 Å². The van der Waals surface area contributed by atoms with Crippen LogP contribution in [-0.4, -0.2) is 6.04 Å². The number of hydrazine groups is 1. The van der Waals surface area contributed by atoms with E-state index in [9.17, 15) is 0 Å². The molecule has 2 unspecified atom stereocenters. The summed E-state index contributed by atoms with van der Waals surface area (Å²) in [5, 5.41) is 0. The predicted molar refractivity (Wildman–Crippen MR) is 75.5 cm³/mol. The van der Waals surface area contributed by atoms with Crippen LogP contribution in [0, 0.1) is 23.2 Å². The summed E-state index contributed by atoms with van der Waals surface area (Å²) in [5.74, 6) is 8.12. The summed E-state index contributed by atoms with van der Waals surface area (Å²) in [5.41, 5.74) is 3.56. The second kappa shape index (κ2) is 6.19. The zero-order valence-electron chi connectivity index (χ0n) is 12.4. The molecule has 0 heterocycles. The van der Waals surface area contributed by atoms with Crippen LogP contribution < -0.4 is 11.3 Å². The number of rotatable bonds is 4. The molecule has 0 aromatic rings.